The summed E-state index contributed by atoms with van der Waals surface area (Å²) in [4.78, 5) is 14.9. The van der Waals surface area contributed by atoms with Crippen LogP contribution < -0.4 is 5.73 Å². The number of amides is 1. The first-order valence-electron chi connectivity index (χ1n) is 8.72. The van der Waals surface area contributed by atoms with Crippen molar-refractivity contribution in [1.29, 1.82) is 0 Å². The molecule has 1 aliphatic heterocycles. The Hall–Kier alpha value is -1.87. The molecule has 0 radical (unpaired) electrons. The summed E-state index contributed by atoms with van der Waals surface area (Å²) in [5.74, 6) is 1.39. The van der Waals surface area contributed by atoms with Crippen LogP contribution in [0.4, 0.5) is 0 Å². The quantitative estimate of drug-likeness (QED) is 0.927. The molecular formula is C20H24N2O. The minimum atomic E-state index is 0.253. The van der Waals surface area contributed by atoms with Gasteiger partial charge in [-0.2, -0.15) is 0 Å². The fourth-order valence-corrected chi connectivity index (χ4v) is 4.44. The Kier molecular flexibility index (Phi) is 3.82. The van der Waals surface area contributed by atoms with E-state index in [4.69, 9.17) is 5.73 Å². The van der Waals surface area contributed by atoms with E-state index in [0.717, 1.165) is 25.1 Å². The number of carbonyl (C=O) groups excluding carboxylic acids is 1. The number of fused-ring (bicyclic) bond motifs is 2. The molecule has 2 N–H and O–H groups in total. The Balaban J connectivity index is 1.52. The molecule has 3 unspecified atom stereocenters. The minimum Gasteiger partial charge on any atom is -0.342 e. The van der Waals surface area contributed by atoms with Crippen LogP contribution in [0.5, 0.6) is 0 Å². The van der Waals surface area contributed by atoms with Crippen molar-refractivity contribution < 1.29 is 4.79 Å². The highest BCUT2D eigenvalue weighted by molar-refractivity contribution is 5.90. The van der Waals surface area contributed by atoms with E-state index in [1.165, 1.54) is 23.6 Å². The third kappa shape index (κ3) is 2.74. The summed E-state index contributed by atoms with van der Waals surface area (Å²) >= 11 is 0. The highest BCUT2D eigenvalue weighted by Crippen LogP contribution is 2.35. The Morgan fingerprint density at radius 2 is 1.91 bits per heavy atom. The Morgan fingerprint density at radius 1 is 1.09 bits per heavy atom. The second-order valence-corrected chi connectivity index (χ2v) is 7.13. The number of carbonyl (C=O) groups is 1. The van der Waals surface area contributed by atoms with Gasteiger partial charge in [0.05, 0.1) is 6.42 Å². The van der Waals surface area contributed by atoms with Crippen LogP contribution in [0, 0.1) is 11.8 Å². The average molecular weight is 308 g/mol. The SMILES string of the molecule is NC1CCCC2CN(C(=O)Cc3cccc4ccccc34)CC12. The molecule has 4 rings (SSSR count). The molecule has 3 nitrogen and oxygen atoms in total. The molecule has 2 aromatic rings. The van der Waals surface area contributed by atoms with Gasteiger partial charge in [-0.05, 0) is 41.0 Å². The van der Waals surface area contributed by atoms with E-state index in [1.54, 1.807) is 0 Å². The van der Waals surface area contributed by atoms with Gasteiger partial charge < -0.3 is 10.6 Å². The van der Waals surface area contributed by atoms with Crippen LogP contribution in [0.25, 0.3) is 10.8 Å². The van der Waals surface area contributed by atoms with Gasteiger partial charge in [-0.1, -0.05) is 48.9 Å². The molecule has 1 aliphatic carbocycles. The van der Waals surface area contributed by atoms with E-state index in [-0.39, 0.29) is 11.9 Å². The molecule has 3 heteroatoms. The number of benzene rings is 2. The van der Waals surface area contributed by atoms with Gasteiger partial charge in [0.15, 0.2) is 0 Å². The monoisotopic (exact) mass is 308 g/mol. The van der Waals surface area contributed by atoms with Crippen molar-refractivity contribution in [3.8, 4) is 0 Å². The molecule has 3 atom stereocenters. The summed E-state index contributed by atoms with van der Waals surface area (Å²) in [6, 6.07) is 14.8. The third-order valence-corrected chi connectivity index (χ3v) is 5.73. The van der Waals surface area contributed by atoms with Gasteiger partial charge in [-0.3, -0.25) is 4.79 Å². The number of rotatable bonds is 2. The lowest BCUT2D eigenvalue weighted by molar-refractivity contribution is -0.129. The van der Waals surface area contributed by atoms with Gasteiger partial charge in [0.25, 0.3) is 0 Å². The number of hydrogen-bond acceptors (Lipinski definition) is 2. The first kappa shape index (κ1) is 14.7. The molecule has 0 bridgehead atoms. The normalized spacial score (nSPS) is 27.2. The molecular weight excluding hydrogens is 284 g/mol. The maximum Gasteiger partial charge on any atom is 0.227 e. The van der Waals surface area contributed by atoms with Crippen molar-refractivity contribution in [2.75, 3.05) is 13.1 Å². The number of hydrogen-bond donors (Lipinski definition) is 1. The van der Waals surface area contributed by atoms with Crippen LogP contribution in [-0.4, -0.2) is 29.9 Å². The van der Waals surface area contributed by atoms with E-state index >= 15 is 0 Å². The summed E-state index contributed by atoms with van der Waals surface area (Å²) in [5.41, 5.74) is 7.40. The highest BCUT2D eigenvalue weighted by atomic mass is 16.2. The van der Waals surface area contributed by atoms with E-state index in [0.29, 0.717) is 18.3 Å². The molecule has 2 aliphatic rings. The first-order valence-corrected chi connectivity index (χ1v) is 8.72. The topological polar surface area (TPSA) is 46.3 Å². The molecule has 2 fully saturated rings. The molecule has 1 heterocycles. The maximum absolute atomic E-state index is 12.8. The Morgan fingerprint density at radius 3 is 2.78 bits per heavy atom. The van der Waals surface area contributed by atoms with Crippen LogP contribution >= 0.6 is 0 Å². The van der Waals surface area contributed by atoms with Gasteiger partial charge >= 0.3 is 0 Å². The summed E-state index contributed by atoms with van der Waals surface area (Å²) in [7, 11) is 0. The van der Waals surface area contributed by atoms with Crippen LogP contribution in [0.3, 0.4) is 0 Å². The Labute approximate surface area is 137 Å². The number of nitrogens with zero attached hydrogens (tertiary/aromatic N) is 1. The summed E-state index contributed by atoms with van der Waals surface area (Å²) < 4.78 is 0. The largest absolute Gasteiger partial charge is 0.342 e. The second-order valence-electron chi connectivity index (χ2n) is 7.13. The zero-order chi connectivity index (χ0) is 15.8. The van der Waals surface area contributed by atoms with Gasteiger partial charge in [0.2, 0.25) is 5.91 Å². The molecule has 2 aromatic carbocycles. The number of likely N-dealkylation sites (tertiary alicyclic amines) is 1. The summed E-state index contributed by atoms with van der Waals surface area (Å²) in [6.45, 7) is 1.76. The predicted octanol–water partition coefficient (Wildman–Crippen LogP) is 2.97. The van der Waals surface area contributed by atoms with Crippen LogP contribution in [0.1, 0.15) is 24.8 Å². The molecule has 0 aromatic heterocycles. The summed E-state index contributed by atoms with van der Waals surface area (Å²) in [6.07, 6.45) is 4.06. The summed E-state index contributed by atoms with van der Waals surface area (Å²) in [5, 5.41) is 2.39. The van der Waals surface area contributed by atoms with Gasteiger partial charge in [-0.15, -0.1) is 0 Å². The van der Waals surface area contributed by atoms with Crippen LogP contribution in [0.15, 0.2) is 42.5 Å². The molecule has 0 spiro atoms. The van der Waals surface area contributed by atoms with Crippen LogP contribution in [0.2, 0.25) is 0 Å². The smallest absolute Gasteiger partial charge is 0.227 e. The molecule has 1 saturated carbocycles. The maximum atomic E-state index is 12.8. The van der Waals surface area contributed by atoms with E-state index in [2.05, 4.69) is 29.2 Å². The van der Waals surface area contributed by atoms with Gasteiger partial charge in [-0.25, -0.2) is 0 Å². The van der Waals surface area contributed by atoms with Gasteiger partial charge in [0.1, 0.15) is 0 Å². The fourth-order valence-electron chi connectivity index (χ4n) is 4.44. The van der Waals surface area contributed by atoms with Crippen molar-refractivity contribution >= 4 is 16.7 Å². The van der Waals surface area contributed by atoms with E-state index in [1.807, 2.05) is 18.2 Å². The molecule has 1 saturated heterocycles. The number of nitrogens with two attached hydrogens (primary N) is 1. The van der Waals surface area contributed by atoms with Crippen molar-refractivity contribution in [2.24, 2.45) is 17.6 Å². The first-order chi connectivity index (χ1) is 11.2. The standard InChI is InChI=1S/C20H24N2O/c21-19-10-4-8-16-12-22(13-18(16)19)20(23)11-15-7-3-6-14-5-1-2-9-17(14)15/h1-3,5-7,9,16,18-19H,4,8,10-13,21H2. The van der Waals surface area contributed by atoms with Gasteiger partial charge in [0, 0.05) is 19.1 Å². The fraction of sp³-hybridized carbons (Fsp3) is 0.450. The lowest BCUT2D eigenvalue weighted by atomic mass is 9.78. The van der Waals surface area contributed by atoms with Crippen LogP contribution in [-0.2, 0) is 11.2 Å². The zero-order valence-electron chi connectivity index (χ0n) is 13.4. The second kappa shape index (κ2) is 5.97. The molecule has 120 valence electrons. The van der Waals surface area contributed by atoms with Crippen molar-refractivity contribution in [3.05, 3.63) is 48.0 Å². The highest BCUT2D eigenvalue weighted by Gasteiger charge is 2.40. The lowest BCUT2D eigenvalue weighted by Crippen LogP contribution is -2.38. The van der Waals surface area contributed by atoms with Crippen molar-refractivity contribution in [1.82, 2.24) is 4.90 Å². The van der Waals surface area contributed by atoms with Crippen molar-refractivity contribution in [3.63, 3.8) is 0 Å². The molecule has 23 heavy (non-hydrogen) atoms. The van der Waals surface area contributed by atoms with E-state index in [9.17, 15) is 4.79 Å². The Bertz CT molecular complexity index is 721. The predicted molar refractivity (Wildman–Crippen MR) is 93.0 cm³/mol. The minimum absolute atomic E-state index is 0.253. The van der Waals surface area contributed by atoms with Crippen molar-refractivity contribution in [2.45, 2.75) is 31.7 Å². The third-order valence-electron chi connectivity index (χ3n) is 5.73. The lowest BCUT2D eigenvalue weighted by Gasteiger charge is -2.29. The average Bonchev–Trinajstić information content (AvgIpc) is 3.01. The molecule has 1 amide bonds. The van der Waals surface area contributed by atoms with E-state index < -0.39 is 0 Å². The zero-order valence-corrected chi connectivity index (χ0v) is 13.4.